The van der Waals surface area contributed by atoms with Crippen LogP contribution in [-0.2, 0) is 14.2 Å². The van der Waals surface area contributed by atoms with Gasteiger partial charge in [0.1, 0.15) is 24.4 Å². The number of aryl methyl sites for hydroxylation is 2. The first-order valence-corrected chi connectivity index (χ1v) is 9.18. The van der Waals surface area contributed by atoms with Crippen LogP contribution >= 0.6 is 11.6 Å². The third-order valence-electron chi connectivity index (χ3n) is 4.52. The summed E-state index contributed by atoms with van der Waals surface area (Å²) < 4.78 is 16.5. The van der Waals surface area contributed by atoms with E-state index in [-0.39, 0.29) is 6.61 Å². The van der Waals surface area contributed by atoms with E-state index in [2.05, 4.69) is 0 Å². The molecule has 0 radical (unpaired) electrons. The number of hydrogen-bond donors (Lipinski definition) is 0. The summed E-state index contributed by atoms with van der Waals surface area (Å²) in [4.78, 5) is 24.7. The Morgan fingerprint density at radius 2 is 1.56 bits per heavy atom. The number of carbonyl (C=O) groups excluding carboxylic acids is 2. The molecule has 1 saturated heterocycles. The van der Waals surface area contributed by atoms with Gasteiger partial charge in [0, 0.05) is 6.42 Å². The topological polar surface area (TPSA) is 61.8 Å². The van der Waals surface area contributed by atoms with Crippen molar-refractivity contribution < 1.29 is 23.8 Å². The van der Waals surface area contributed by atoms with Crippen molar-refractivity contribution >= 4 is 23.5 Å². The second kappa shape index (κ2) is 8.55. The molecule has 142 valence electrons. The van der Waals surface area contributed by atoms with Crippen LogP contribution in [0.3, 0.4) is 0 Å². The lowest BCUT2D eigenvalue weighted by atomic mass is 10.1. The van der Waals surface area contributed by atoms with Crippen molar-refractivity contribution in [1.29, 1.82) is 0 Å². The molecule has 6 heteroatoms. The van der Waals surface area contributed by atoms with E-state index in [0.29, 0.717) is 17.5 Å². The van der Waals surface area contributed by atoms with E-state index in [9.17, 15) is 9.59 Å². The van der Waals surface area contributed by atoms with Crippen molar-refractivity contribution in [2.45, 2.75) is 38.0 Å². The van der Waals surface area contributed by atoms with E-state index >= 15 is 0 Å². The molecule has 2 aromatic carbocycles. The lowest BCUT2D eigenvalue weighted by molar-refractivity contribution is -0.0323. The van der Waals surface area contributed by atoms with E-state index in [1.807, 2.05) is 38.1 Å². The number of ether oxygens (including phenoxy) is 3. The fraction of sp³-hybridized carbons (Fsp3) is 0.333. The summed E-state index contributed by atoms with van der Waals surface area (Å²) in [6, 6.07) is 14.3. The Morgan fingerprint density at radius 3 is 2.15 bits per heavy atom. The van der Waals surface area contributed by atoms with Crippen LogP contribution in [0.15, 0.2) is 48.5 Å². The van der Waals surface area contributed by atoms with Gasteiger partial charge >= 0.3 is 11.9 Å². The zero-order valence-electron chi connectivity index (χ0n) is 15.2. The molecule has 1 fully saturated rings. The summed E-state index contributed by atoms with van der Waals surface area (Å²) in [5.74, 6) is -0.888. The minimum Gasteiger partial charge on any atom is -0.459 e. The third-order valence-corrected chi connectivity index (χ3v) is 4.80. The predicted molar refractivity (Wildman–Crippen MR) is 101 cm³/mol. The highest BCUT2D eigenvalue weighted by Gasteiger charge is 2.38. The molecule has 5 nitrogen and oxygen atoms in total. The molecule has 0 saturated carbocycles. The molecule has 0 aliphatic carbocycles. The van der Waals surface area contributed by atoms with Crippen molar-refractivity contribution in [2.75, 3.05) is 6.61 Å². The first-order chi connectivity index (χ1) is 13.0. The van der Waals surface area contributed by atoms with Gasteiger partial charge in [-0.1, -0.05) is 48.0 Å². The molecular weight excluding hydrogens is 368 g/mol. The van der Waals surface area contributed by atoms with Crippen LogP contribution in [0.4, 0.5) is 0 Å². The second-order valence-corrected chi connectivity index (χ2v) is 6.98. The standard InChI is InChI=1S/C21H21ClO5/c1-13-7-3-5-9-15(13)20(23)25-12-18-17(11-19(22)26-18)27-21(24)16-10-6-4-8-14(16)2/h3-10,17-19H,11-12H2,1-2H3/t17-,18+,19-/m0/s1. The number of hydrogen-bond acceptors (Lipinski definition) is 5. The van der Waals surface area contributed by atoms with Crippen LogP contribution in [-0.4, -0.2) is 36.3 Å². The molecule has 0 aromatic heterocycles. The largest absolute Gasteiger partial charge is 0.459 e. The highest BCUT2D eigenvalue weighted by Crippen LogP contribution is 2.27. The third kappa shape index (κ3) is 4.67. The van der Waals surface area contributed by atoms with E-state index < -0.39 is 29.7 Å². The second-order valence-electron chi connectivity index (χ2n) is 6.49. The number of halogens is 1. The Balaban J connectivity index is 1.62. The Bertz CT molecular complexity index is 835. The summed E-state index contributed by atoms with van der Waals surface area (Å²) in [5.41, 5.74) is 2.04. The van der Waals surface area contributed by atoms with Crippen LogP contribution in [0.2, 0.25) is 0 Å². The van der Waals surface area contributed by atoms with Crippen molar-refractivity contribution in [3.8, 4) is 0 Å². The minimum atomic E-state index is -0.603. The van der Waals surface area contributed by atoms with Gasteiger partial charge in [0.2, 0.25) is 0 Å². The SMILES string of the molecule is Cc1ccccc1C(=O)OC[C@H]1O[C@H](Cl)C[C@@H]1OC(=O)c1ccccc1C. The molecule has 3 atom stereocenters. The molecule has 1 heterocycles. The summed E-state index contributed by atoms with van der Waals surface area (Å²) in [6.07, 6.45) is -0.844. The van der Waals surface area contributed by atoms with Gasteiger partial charge in [-0.15, -0.1) is 0 Å². The van der Waals surface area contributed by atoms with Crippen LogP contribution < -0.4 is 0 Å². The molecule has 27 heavy (non-hydrogen) atoms. The van der Waals surface area contributed by atoms with Gasteiger partial charge < -0.3 is 14.2 Å². The van der Waals surface area contributed by atoms with Crippen LogP contribution in [0, 0.1) is 13.8 Å². The molecular formula is C21H21ClO5. The van der Waals surface area contributed by atoms with Gasteiger partial charge in [0.25, 0.3) is 0 Å². The van der Waals surface area contributed by atoms with Gasteiger partial charge in [-0.05, 0) is 37.1 Å². The lowest BCUT2D eigenvalue weighted by Gasteiger charge is -2.19. The number of alkyl halides is 1. The maximum atomic E-state index is 12.4. The number of benzene rings is 2. The lowest BCUT2D eigenvalue weighted by Crippen LogP contribution is -2.32. The van der Waals surface area contributed by atoms with E-state index in [1.165, 1.54) is 0 Å². The van der Waals surface area contributed by atoms with Gasteiger partial charge in [-0.25, -0.2) is 9.59 Å². The fourth-order valence-electron chi connectivity index (χ4n) is 2.98. The minimum absolute atomic E-state index is 0.0396. The quantitative estimate of drug-likeness (QED) is 0.571. The zero-order chi connectivity index (χ0) is 19.4. The van der Waals surface area contributed by atoms with Crippen molar-refractivity contribution in [2.24, 2.45) is 0 Å². The molecule has 0 amide bonds. The Labute approximate surface area is 163 Å². The van der Waals surface area contributed by atoms with Gasteiger partial charge in [-0.3, -0.25) is 0 Å². The maximum Gasteiger partial charge on any atom is 0.338 e. The molecule has 2 aromatic rings. The summed E-state index contributed by atoms with van der Waals surface area (Å²) >= 11 is 6.07. The Kier molecular flexibility index (Phi) is 6.14. The smallest absolute Gasteiger partial charge is 0.338 e. The molecule has 0 N–H and O–H groups in total. The normalized spacial score (nSPS) is 21.7. The summed E-state index contributed by atoms with van der Waals surface area (Å²) in [7, 11) is 0. The monoisotopic (exact) mass is 388 g/mol. The summed E-state index contributed by atoms with van der Waals surface area (Å²) in [6.45, 7) is 3.64. The van der Waals surface area contributed by atoms with E-state index in [4.69, 9.17) is 25.8 Å². The Hall–Kier alpha value is -2.37. The van der Waals surface area contributed by atoms with Crippen LogP contribution in [0.1, 0.15) is 38.3 Å². The van der Waals surface area contributed by atoms with Crippen molar-refractivity contribution in [1.82, 2.24) is 0 Å². The molecule has 0 unspecified atom stereocenters. The maximum absolute atomic E-state index is 12.4. The average Bonchev–Trinajstić information content (AvgIpc) is 2.99. The predicted octanol–water partition coefficient (Wildman–Crippen LogP) is 4.04. The van der Waals surface area contributed by atoms with E-state index in [1.54, 1.807) is 24.3 Å². The molecule has 0 spiro atoms. The van der Waals surface area contributed by atoms with Crippen LogP contribution in [0.25, 0.3) is 0 Å². The van der Waals surface area contributed by atoms with Crippen molar-refractivity contribution in [3.63, 3.8) is 0 Å². The molecule has 1 aliphatic rings. The van der Waals surface area contributed by atoms with Gasteiger partial charge in [0.05, 0.1) is 11.1 Å². The van der Waals surface area contributed by atoms with Gasteiger partial charge in [-0.2, -0.15) is 0 Å². The van der Waals surface area contributed by atoms with Gasteiger partial charge in [0.15, 0.2) is 0 Å². The van der Waals surface area contributed by atoms with Crippen LogP contribution in [0.5, 0.6) is 0 Å². The molecule has 3 rings (SSSR count). The first kappa shape index (κ1) is 19.4. The summed E-state index contributed by atoms with van der Waals surface area (Å²) in [5, 5.41) is 0. The molecule has 0 bridgehead atoms. The average molecular weight is 389 g/mol. The zero-order valence-corrected chi connectivity index (χ0v) is 15.9. The Morgan fingerprint density at radius 1 is 1.00 bits per heavy atom. The highest BCUT2D eigenvalue weighted by atomic mass is 35.5. The number of carbonyl (C=O) groups is 2. The molecule has 1 aliphatic heterocycles. The number of rotatable bonds is 5. The highest BCUT2D eigenvalue weighted by molar-refractivity contribution is 6.19. The number of esters is 2. The van der Waals surface area contributed by atoms with E-state index in [0.717, 1.165) is 11.1 Å². The van der Waals surface area contributed by atoms with Crippen molar-refractivity contribution in [3.05, 3.63) is 70.8 Å². The first-order valence-electron chi connectivity index (χ1n) is 8.74. The fourth-order valence-corrected chi connectivity index (χ4v) is 3.29.